The van der Waals surface area contributed by atoms with Crippen LogP contribution in [0.15, 0.2) is 114 Å². The number of nitrogens with one attached hydrogen (secondary N) is 3. The van der Waals surface area contributed by atoms with E-state index in [1.165, 1.54) is 23.9 Å². The van der Waals surface area contributed by atoms with E-state index in [1.807, 2.05) is 31.2 Å². The Morgan fingerprint density at radius 3 is 2.12 bits per heavy atom. The molecule has 0 aliphatic heterocycles. The quantitative estimate of drug-likeness (QED) is 0.142. The molecule has 8 nitrogen and oxygen atoms in total. The second kappa shape index (κ2) is 13.8. The van der Waals surface area contributed by atoms with Crippen molar-refractivity contribution >= 4 is 52.9 Å². The Kier molecular flexibility index (Phi) is 9.69. The molecule has 0 saturated heterocycles. The van der Waals surface area contributed by atoms with Crippen LogP contribution in [0.2, 0.25) is 0 Å². The van der Waals surface area contributed by atoms with Gasteiger partial charge in [0.1, 0.15) is 5.70 Å². The topological polar surface area (TPSA) is 125 Å². The molecule has 206 valence electrons. The first kappa shape index (κ1) is 28.8. The van der Waals surface area contributed by atoms with Crippen molar-refractivity contribution in [3.63, 3.8) is 0 Å². The van der Waals surface area contributed by atoms with Gasteiger partial charge in [0.2, 0.25) is 5.91 Å². The Labute approximate surface area is 241 Å². The predicted molar refractivity (Wildman–Crippen MR) is 161 cm³/mol. The third-order valence-electron chi connectivity index (χ3n) is 5.77. The minimum atomic E-state index is -1.08. The van der Waals surface area contributed by atoms with Crippen LogP contribution in [0.4, 0.5) is 11.4 Å². The highest BCUT2D eigenvalue weighted by molar-refractivity contribution is 8.00. The first-order valence-electron chi connectivity index (χ1n) is 12.6. The van der Waals surface area contributed by atoms with Crippen LogP contribution in [0.5, 0.6) is 0 Å². The van der Waals surface area contributed by atoms with Gasteiger partial charge in [-0.2, -0.15) is 0 Å². The summed E-state index contributed by atoms with van der Waals surface area (Å²) < 4.78 is 0. The third kappa shape index (κ3) is 8.67. The standard InChI is InChI=1S/C32H27N3O5S/c1-21-13-15-22(16-14-21)17-28(35-30(37)23-7-3-2-4-8-23)31(38)34-26-11-6-12-27(19-26)41-20-29(36)33-25-10-5-9-24(18-25)32(39)40/h2-19H,20H2,1H3,(H,33,36)(H,34,38)(H,35,37)(H,39,40)/b28-17-. The molecule has 0 aliphatic rings. The number of anilines is 2. The Balaban J connectivity index is 1.43. The smallest absolute Gasteiger partial charge is 0.335 e. The van der Waals surface area contributed by atoms with Gasteiger partial charge in [-0.05, 0) is 67.1 Å². The van der Waals surface area contributed by atoms with Gasteiger partial charge in [0.15, 0.2) is 0 Å². The number of thioether (sulfide) groups is 1. The van der Waals surface area contributed by atoms with Crippen molar-refractivity contribution in [2.45, 2.75) is 11.8 Å². The molecule has 41 heavy (non-hydrogen) atoms. The zero-order chi connectivity index (χ0) is 29.2. The van der Waals surface area contributed by atoms with Crippen LogP contribution in [0.25, 0.3) is 6.08 Å². The molecule has 0 spiro atoms. The number of aromatic carboxylic acids is 1. The van der Waals surface area contributed by atoms with E-state index >= 15 is 0 Å². The maximum atomic E-state index is 13.3. The van der Waals surface area contributed by atoms with Crippen LogP contribution < -0.4 is 16.0 Å². The molecule has 0 unspecified atom stereocenters. The molecule has 9 heteroatoms. The number of aryl methyl sites for hydroxylation is 1. The Bertz CT molecular complexity index is 1600. The van der Waals surface area contributed by atoms with E-state index in [-0.39, 0.29) is 22.9 Å². The first-order valence-corrected chi connectivity index (χ1v) is 13.6. The normalized spacial score (nSPS) is 10.9. The zero-order valence-corrected chi connectivity index (χ0v) is 22.9. The molecule has 0 saturated carbocycles. The number of carboxylic acids is 1. The van der Waals surface area contributed by atoms with E-state index in [4.69, 9.17) is 5.11 Å². The monoisotopic (exact) mass is 565 g/mol. The molecule has 0 aliphatic carbocycles. The fourth-order valence-corrected chi connectivity index (χ4v) is 4.46. The summed E-state index contributed by atoms with van der Waals surface area (Å²) >= 11 is 1.26. The maximum absolute atomic E-state index is 13.3. The highest BCUT2D eigenvalue weighted by Crippen LogP contribution is 2.23. The number of amides is 3. The summed E-state index contributed by atoms with van der Waals surface area (Å²) in [4.78, 5) is 50.5. The summed E-state index contributed by atoms with van der Waals surface area (Å²) in [6.07, 6.45) is 1.61. The molecule has 0 atom stereocenters. The zero-order valence-electron chi connectivity index (χ0n) is 22.1. The molecule has 3 amide bonds. The molecule has 0 fully saturated rings. The lowest BCUT2D eigenvalue weighted by atomic mass is 10.1. The van der Waals surface area contributed by atoms with Crippen molar-refractivity contribution in [2.75, 3.05) is 16.4 Å². The molecular weight excluding hydrogens is 538 g/mol. The van der Waals surface area contributed by atoms with E-state index in [0.717, 1.165) is 16.0 Å². The first-order chi connectivity index (χ1) is 19.8. The van der Waals surface area contributed by atoms with Gasteiger partial charge in [-0.15, -0.1) is 11.8 Å². The van der Waals surface area contributed by atoms with Crippen LogP contribution in [0, 0.1) is 6.92 Å². The largest absolute Gasteiger partial charge is 0.478 e. The fourth-order valence-electron chi connectivity index (χ4n) is 3.71. The van der Waals surface area contributed by atoms with E-state index in [2.05, 4.69) is 16.0 Å². The summed E-state index contributed by atoms with van der Waals surface area (Å²) in [5.74, 6) is -2.23. The second-order valence-electron chi connectivity index (χ2n) is 8.99. The fraction of sp³-hybridized carbons (Fsp3) is 0.0625. The Hall–Kier alpha value is -5.15. The minimum absolute atomic E-state index is 0.0698. The van der Waals surface area contributed by atoms with Crippen molar-refractivity contribution in [3.05, 3.63) is 131 Å². The molecular formula is C32H27N3O5S. The number of hydrogen-bond donors (Lipinski definition) is 4. The lowest BCUT2D eigenvalue weighted by Crippen LogP contribution is -2.30. The van der Waals surface area contributed by atoms with Crippen molar-refractivity contribution in [1.82, 2.24) is 5.32 Å². The minimum Gasteiger partial charge on any atom is -0.478 e. The van der Waals surface area contributed by atoms with Crippen LogP contribution in [0.1, 0.15) is 31.8 Å². The van der Waals surface area contributed by atoms with Gasteiger partial charge < -0.3 is 21.1 Å². The number of carbonyl (C=O) groups is 4. The SMILES string of the molecule is Cc1ccc(/C=C(\NC(=O)c2ccccc2)C(=O)Nc2cccc(SCC(=O)Nc3cccc(C(=O)O)c3)c2)cc1. The van der Waals surface area contributed by atoms with Gasteiger partial charge in [0.25, 0.3) is 11.8 Å². The summed E-state index contributed by atoms with van der Waals surface area (Å²) in [7, 11) is 0. The van der Waals surface area contributed by atoms with Gasteiger partial charge in [0, 0.05) is 21.8 Å². The van der Waals surface area contributed by atoms with Crippen LogP contribution in [-0.4, -0.2) is 34.6 Å². The van der Waals surface area contributed by atoms with Crippen molar-refractivity contribution < 1.29 is 24.3 Å². The third-order valence-corrected chi connectivity index (χ3v) is 6.77. The van der Waals surface area contributed by atoms with Gasteiger partial charge in [-0.3, -0.25) is 14.4 Å². The number of carboxylic acid groups (broad SMARTS) is 1. The summed E-state index contributed by atoms with van der Waals surface area (Å²) in [6, 6.07) is 29.2. The summed E-state index contributed by atoms with van der Waals surface area (Å²) in [5.41, 5.74) is 3.26. The number of benzene rings is 4. The van der Waals surface area contributed by atoms with E-state index in [9.17, 15) is 19.2 Å². The highest BCUT2D eigenvalue weighted by atomic mass is 32.2. The molecule has 4 aromatic rings. The lowest BCUT2D eigenvalue weighted by molar-refractivity contribution is -0.114. The molecule has 4 aromatic carbocycles. The number of hydrogen-bond acceptors (Lipinski definition) is 5. The van der Waals surface area contributed by atoms with Crippen LogP contribution >= 0.6 is 11.8 Å². The van der Waals surface area contributed by atoms with Crippen molar-refractivity contribution in [3.8, 4) is 0 Å². The van der Waals surface area contributed by atoms with Gasteiger partial charge in [-0.1, -0.05) is 60.2 Å². The number of rotatable bonds is 10. The average molecular weight is 566 g/mol. The Morgan fingerprint density at radius 1 is 0.756 bits per heavy atom. The van der Waals surface area contributed by atoms with Crippen LogP contribution in [0.3, 0.4) is 0 Å². The van der Waals surface area contributed by atoms with Crippen molar-refractivity contribution in [1.29, 1.82) is 0 Å². The van der Waals surface area contributed by atoms with E-state index in [1.54, 1.807) is 72.8 Å². The maximum Gasteiger partial charge on any atom is 0.335 e. The van der Waals surface area contributed by atoms with E-state index in [0.29, 0.717) is 16.9 Å². The Morgan fingerprint density at radius 2 is 1.41 bits per heavy atom. The van der Waals surface area contributed by atoms with E-state index < -0.39 is 17.8 Å². The molecule has 0 bridgehead atoms. The molecule has 0 radical (unpaired) electrons. The summed E-state index contributed by atoms with van der Waals surface area (Å²) in [6.45, 7) is 1.96. The highest BCUT2D eigenvalue weighted by Gasteiger charge is 2.15. The predicted octanol–water partition coefficient (Wildman–Crippen LogP) is 5.83. The molecule has 4 rings (SSSR count). The number of carbonyl (C=O) groups excluding carboxylic acids is 3. The van der Waals surface area contributed by atoms with Crippen LogP contribution in [-0.2, 0) is 9.59 Å². The second-order valence-corrected chi connectivity index (χ2v) is 10.0. The van der Waals surface area contributed by atoms with Gasteiger partial charge >= 0.3 is 5.97 Å². The van der Waals surface area contributed by atoms with Gasteiger partial charge in [-0.25, -0.2) is 4.79 Å². The van der Waals surface area contributed by atoms with Gasteiger partial charge in [0.05, 0.1) is 11.3 Å². The summed E-state index contributed by atoms with van der Waals surface area (Å²) in [5, 5.41) is 17.4. The lowest BCUT2D eigenvalue weighted by Gasteiger charge is -2.12. The molecule has 0 aromatic heterocycles. The van der Waals surface area contributed by atoms with Crippen molar-refractivity contribution in [2.24, 2.45) is 0 Å². The molecule has 0 heterocycles. The average Bonchev–Trinajstić information content (AvgIpc) is 2.97. The molecule has 4 N–H and O–H groups in total.